The van der Waals surface area contributed by atoms with Crippen LogP contribution in [0.15, 0.2) is 42.3 Å². The van der Waals surface area contributed by atoms with Crippen LogP contribution in [-0.4, -0.2) is 19.6 Å². The van der Waals surface area contributed by atoms with E-state index in [1.807, 2.05) is 18.0 Å². The molecule has 0 radical (unpaired) electrons. The third-order valence-electron chi connectivity index (χ3n) is 4.99. The third-order valence-corrected chi connectivity index (χ3v) is 5.93. The molecule has 0 spiro atoms. The Morgan fingerprint density at radius 2 is 2.18 bits per heavy atom. The molecule has 3 aromatic rings. The van der Waals surface area contributed by atoms with Gasteiger partial charge in [-0.15, -0.1) is 11.3 Å². The number of nitrogens with zero attached hydrogens (tertiary/aromatic N) is 3. The van der Waals surface area contributed by atoms with E-state index in [0.717, 1.165) is 29.1 Å². The zero-order valence-electron chi connectivity index (χ0n) is 11.9. The number of hydrogen-bond donors (Lipinski definition) is 1. The lowest BCUT2D eigenvalue weighted by Gasteiger charge is -2.33. The Labute approximate surface area is 132 Å². The Bertz CT molecular complexity index is 853. The average molecular weight is 309 g/mol. The molecule has 3 atom stereocenters. The number of aromatic nitrogens is 3. The van der Waals surface area contributed by atoms with Crippen molar-refractivity contribution < 1.29 is 5.11 Å². The molecule has 5 heteroatoms. The lowest BCUT2D eigenvalue weighted by Crippen LogP contribution is -2.27. The highest BCUT2D eigenvalue weighted by atomic mass is 32.1. The third kappa shape index (κ3) is 1.55. The molecule has 1 aliphatic carbocycles. The van der Waals surface area contributed by atoms with Gasteiger partial charge in [-0.25, -0.2) is 9.97 Å². The van der Waals surface area contributed by atoms with Crippen LogP contribution in [0.1, 0.15) is 34.7 Å². The Kier molecular flexibility index (Phi) is 2.57. The highest BCUT2D eigenvalue weighted by molar-refractivity contribution is 7.09. The number of imidazole rings is 1. The number of fused-ring (bicyclic) bond motifs is 4. The minimum atomic E-state index is -0.442. The van der Waals surface area contributed by atoms with Crippen LogP contribution in [0.2, 0.25) is 0 Å². The van der Waals surface area contributed by atoms with Crippen LogP contribution in [0.4, 0.5) is 0 Å². The molecule has 4 nitrogen and oxygen atoms in total. The van der Waals surface area contributed by atoms with Gasteiger partial charge in [0.2, 0.25) is 0 Å². The topological polar surface area (TPSA) is 50.9 Å². The maximum absolute atomic E-state index is 10.9. The first kappa shape index (κ1) is 12.6. The van der Waals surface area contributed by atoms with Crippen LogP contribution < -0.4 is 0 Å². The predicted octanol–water partition coefficient (Wildman–Crippen LogP) is 3.21. The van der Waals surface area contributed by atoms with Gasteiger partial charge in [0.1, 0.15) is 0 Å². The summed E-state index contributed by atoms with van der Waals surface area (Å²) in [6.45, 7) is 0. The largest absolute Gasteiger partial charge is 0.387 e. The van der Waals surface area contributed by atoms with E-state index >= 15 is 0 Å². The maximum atomic E-state index is 10.9. The first-order valence-corrected chi connectivity index (χ1v) is 8.44. The molecule has 2 aliphatic rings. The molecule has 3 unspecified atom stereocenters. The van der Waals surface area contributed by atoms with Crippen LogP contribution in [0.3, 0.4) is 0 Å². The van der Waals surface area contributed by atoms with Crippen molar-refractivity contribution in [2.45, 2.75) is 25.0 Å². The number of aliphatic hydroxyl groups is 1. The van der Waals surface area contributed by atoms with Gasteiger partial charge in [0.25, 0.3) is 0 Å². The first-order chi connectivity index (χ1) is 10.8. The fourth-order valence-corrected chi connectivity index (χ4v) is 4.90. The monoisotopic (exact) mass is 309 g/mol. The summed E-state index contributed by atoms with van der Waals surface area (Å²) in [5.74, 6) is 0.171. The fraction of sp³-hybridized carbons (Fsp3) is 0.294. The Morgan fingerprint density at radius 1 is 1.27 bits per heavy atom. The number of thiazole rings is 1. The van der Waals surface area contributed by atoms with Crippen molar-refractivity contribution in [2.75, 3.05) is 0 Å². The minimum absolute atomic E-state index is 0.166. The Balaban J connectivity index is 1.65. The second kappa shape index (κ2) is 4.51. The normalized spacial score (nSPS) is 25.6. The van der Waals surface area contributed by atoms with Crippen molar-refractivity contribution in [3.63, 3.8) is 0 Å². The number of rotatable bonds is 1. The molecule has 3 heterocycles. The average Bonchev–Trinajstić information content (AvgIpc) is 3.23. The van der Waals surface area contributed by atoms with Crippen molar-refractivity contribution in [3.8, 4) is 11.3 Å². The summed E-state index contributed by atoms with van der Waals surface area (Å²) in [6, 6.07) is 8.65. The zero-order chi connectivity index (χ0) is 14.7. The van der Waals surface area contributed by atoms with Crippen molar-refractivity contribution in [1.29, 1.82) is 0 Å². The highest BCUT2D eigenvalue weighted by Gasteiger charge is 2.41. The van der Waals surface area contributed by atoms with Gasteiger partial charge in [-0.05, 0) is 18.4 Å². The summed E-state index contributed by atoms with van der Waals surface area (Å²) in [4.78, 5) is 9.75. The molecule has 5 rings (SSSR count). The van der Waals surface area contributed by atoms with E-state index in [1.165, 1.54) is 11.1 Å². The smallest absolute Gasteiger partial charge is 0.0956 e. The van der Waals surface area contributed by atoms with Gasteiger partial charge in [0.15, 0.2) is 0 Å². The lowest BCUT2D eigenvalue weighted by molar-refractivity contribution is 0.0748. The fourth-order valence-electron chi connectivity index (χ4n) is 4.00. The summed E-state index contributed by atoms with van der Waals surface area (Å²) >= 11 is 1.57. The molecule has 0 fully saturated rings. The molecule has 1 aromatic carbocycles. The molecule has 1 N–H and O–H groups in total. The van der Waals surface area contributed by atoms with Crippen molar-refractivity contribution in [3.05, 3.63) is 58.4 Å². The van der Waals surface area contributed by atoms with E-state index in [4.69, 9.17) is 0 Å². The predicted molar refractivity (Wildman–Crippen MR) is 84.7 cm³/mol. The Hall–Kier alpha value is -1.98. The second-order valence-electron chi connectivity index (χ2n) is 6.03. The van der Waals surface area contributed by atoms with Crippen LogP contribution in [0, 0.1) is 5.92 Å². The number of benzene rings is 1. The molecule has 110 valence electrons. The van der Waals surface area contributed by atoms with Crippen LogP contribution >= 0.6 is 11.3 Å². The molecular weight excluding hydrogens is 294 g/mol. The summed E-state index contributed by atoms with van der Waals surface area (Å²) in [5.41, 5.74) is 6.62. The van der Waals surface area contributed by atoms with Gasteiger partial charge in [-0.1, -0.05) is 24.3 Å². The van der Waals surface area contributed by atoms with E-state index in [2.05, 4.69) is 38.8 Å². The first-order valence-electron chi connectivity index (χ1n) is 7.56. The minimum Gasteiger partial charge on any atom is -0.387 e. The van der Waals surface area contributed by atoms with Crippen molar-refractivity contribution in [1.82, 2.24) is 14.5 Å². The second-order valence-corrected chi connectivity index (χ2v) is 6.92. The van der Waals surface area contributed by atoms with Gasteiger partial charge >= 0.3 is 0 Å². The van der Waals surface area contributed by atoms with Gasteiger partial charge in [-0.2, -0.15) is 0 Å². The molecule has 0 saturated heterocycles. The van der Waals surface area contributed by atoms with Gasteiger partial charge in [0, 0.05) is 11.5 Å². The standard InChI is InChI=1S/C17H15N3OS/c21-16-12(5-6-13-17(16)22-9-19-13)15-11-4-2-1-3-10(11)14-7-18-8-20(14)15/h1-4,7-9,12,15-16,21H,5-6H2. The van der Waals surface area contributed by atoms with Crippen LogP contribution in [-0.2, 0) is 6.42 Å². The number of aryl methyl sites for hydroxylation is 1. The van der Waals surface area contributed by atoms with E-state index in [0.29, 0.717) is 0 Å². The quantitative estimate of drug-likeness (QED) is 0.751. The summed E-state index contributed by atoms with van der Waals surface area (Å²) in [6.07, 6.45) is 5.28. The molecule has 0 saturated carbocycles. The summed E-state index contributed by atoms with van der Waals surface area (Å²) in [7, 11) is 0. The molecule has 0 amide bonds. The molecule has 0 bridgehead atoms. The zero-order valence-corrected chi connectivity index (χ0v) is 12.7. The highest BCUT2D eigenvalue weighted by Crippen LogP contribution is 2.50. The summed E-state index contributed by atoms with van der Waals surface area (Å²) < 4.78 is 2.23. The van der Waals surface area contributed by atoms with Gasteiger partial charge in [0.05, 0.1) is 46.4 Å². The molecule has 1 aliphatic heterocycles. The lowest BCUT2D eigenvalue weighted by atomic mass is 9.80. The van der Waals surface area contributed by atoms with Crippen molar-refractivity contribution >= 4 is 11.3 Å². The molecule has 22 heavy (non-hydrogen) atoms. The Morgan fingerprint density at radius 3 is 3.14 bits per heavy atom. The number of hydrogen-bond acceptors (Lipinski definition) is 4. The van der Waals surface area contributed by atoms with Gasteiger partial charge in [-0.3, -0.25) is 0 Å². The SMILES string of the molecule is OC1c2scnc2CCC1C1c2ccccc2-c2cncn21. The molecular formula is C17H15N3OS. The summed E-state index contributed by atoms with van der Waals surface area (Å²) in [5, 5.41) is 10.9. The van der Waals surface area contributed by atoms with E-state index in [1.54, 1.807) is 11.3 Å². The van der Waals surface area contributed by atoms with Crippen LogP contribution in [0.5, 0.6) is 0 Å². The maximum Gasteiger partial charge on any atom is 0.0956 e. The number of aliphatic hydroxyl groups excluding tert-OH is 1. The van der Waals surface area contributed by atoms with E-state index in [9.17, 15) is 5.11 Å². The van der Waals surface area contributed by atoms with Gasteiger partial charge < -0.3 is 9.67 Å². The molecule has 2 aromatic heterocycles. The van der Waals surface area contributed by atoms with E-state index in [-0.39, 0.29) is 12.0 Å². The van der Waals surface area contributed by atoms with Crippen molar-refractivity contribution in [2.24, 2.45) is 5.92 Å². The van der Waals surface area contributed by atoms with Crippen LogP contribution in [0.25, 0.3) is 11.3 Å². The van der Waals surface area contributed by atoms with E-state index < -0.39 is 6.10 Å².